The number of anilines is 1. The molecule has 1 fully saturated rings. The molecule has 1 aromatic heterocycles. The molecule has 1 aromatic rings. The molecule has 0 spiro atoms. The van der Waals surface area contributed by atoms with Crippen LogP contribution in [0.1, 0.15) is 16.8 Å². The molecule has 1 saturated heterocycles. The van der Waals surface area contributed by atoms with Crippen LogP contribution in [0, 0.1) is 0 Å². The number of carboxylic acids is 1. The first-order valence-electron chi connectivity index (χ1n) is 5.29. The molecule has 1 N–H and O–H groups in total. The summed E-state index contributed by atoms with van der Waals surface area (Å²) in [6, 6.07) is 3.18. The molecule has 16 heavy (non-hydrogen) atoms. The van der Waals surface area contributed by atoms with Crippen molar-refractivity contribution in [1.29, 1.82) is 0 Å². The van der Waals surface area contributed by atoms with Crippen LogP contribution in [-0.4, -0.2) is 40.7 Å². The number of carbonyl (C=O) groups is 1. The molecule has 0 aliphatic carbocycles. The predicted molar refractivity (Wildman–Crippen MR) is 65.4 cm³/mol. The average Bonchev–Trinajstić information content (AvgIpc) is 2.57. The summed E-state index contributed by atoms with van der Waals surface area (Å²) in [5.41, 5.74) is 0.307. The van der Waals surface area contributed by atoms with Gasteiger partial charge in [0.05, 0.1) is 5.56 Å². The number of aromatic carboxylic acids is 1. The summed E-state index contributed by atoms with van der Waals surface area (Å²) >= 11 is 1.94. The monoisotopic (exact) mass is 238 g/mol. The van der Waals surface area contributed by atoms with Crippen LogP contribution < -0.4 is 4.90 Å². The fourth-order valence-electron chi connectivity index (χ4n) is 1.70. The molecule has 0 aromatic carbocycles. The number of nitrogens with zero attached hydrogens (tertiary/aromatic N) is 2. The van der Waals surface area contributed by atoms with Crippen molar-refractivity contribution in [3.05, 3.63) is 23.9 Å². The van der Waals surface area contributed by atoms with Crippen molar-refractivity contribution >= 4 is 23.5 Å². The van der Waals surface area contributed by atoms with Gasteiger partial charge in [-0.25, -0.2) is 9.78 Å². The van der Waals surface area contributed by atoms with E-state index in [2.05, 4.69) is 9.88 Å². The number of hydrogen-bond donors (Lipinski definition) is 1. The van der Waals surface area contributed by atoms with E-state index in [1.165, 1.54) is 11.8 Å². The van der Waals surface area contributed by atoms with Crippen LogP contribution in [0.15, 0.2) is 18.3 Å². The molecule has 0 atom stereocenters. The lowest BCUT2D eigenvalue weighted by Crippen LogP contribution is -2.26. The summed E-state index contributed by atoms with van der Waals surface area (Å²) < 4.78 is 0. The van der Waals surface area contributed by atoms with E-state index in [1.54, 1.807) is 12.3 Å². The minimum Gasteiger partial charge on any atom is -0.478 e. The molecule has 0 bridgehead atoms. The maximum absolute atomic E-state index is 10.9. The van der Waals surface area contributed by atoms with Gasteiger partial charge >= 0.3 is 5.97 Å². The molecule has 0 saturated carbocycles. The van der Waals surface area contributed by atoms with Crippen molar-refractivity contribution in [2.75, 3.05) is 29.5 Å². The van der Waals surface area contributed by atoms with E-state index >= 15 is 0 Å². The van der Waals surface area contributed by atoms with Crippen LogP contribution in [0.3, 0.4) is 0 Å². The van der Waals surface area contributed by atoms with Gasteiger partial charge in [0.15, 0.2) is 0 Å². The first kappa shape index (κ1) is 11.3. The van der Waals surface area contributed by atoms with Crippen LogP contribution >= 0.6 is 11.8 Å². The molecule has 0 amide bonds. The van der Waals surface area contributed by atoms with Gasteiger partial charge in [0.2, 0.25) is 0 Å². The highest BCUT2D eigenvalue weighted by Gasteiger charge is 2.12. The zero-order chi connectivity index (χ0) is 11.4. The molecule has 5 heteroatoms. The predicted octanol–water partition coefficient (Wildman–Crippen LogP) is 1.72. The highest BCUT2D eigenvalue weighted by molar-refractivity contribution is 7.99. The van der Waals surface area contributed by atoms with Crippen molar-refractivity contribution in [3.8, 4) is 0 Å². The summed E-state index contributed by atoms with van der Waals surface area (Å²) in [5, 5.41) is 8.91. The van der Waals surface area contributed by atoms with Crippen molar-refractivity contribution in [1.82, 2.24) is 4.98 Å². The van der Waals surface area contributed by atoms with Crippen LogP contribution in [0.2, 0.25) is 0 Å². The Hall–Kier alpha value is -1.23. The third kappa shape index (κ3) is 2.66. The minimum atomic E-state index is -0.896. The highest BCUT2D eigenvalue weighted by Crippen LogP contribution is 2.17. The normalized spacial score (nSPS) is 16.9. The molecular formula is C11H14N2O2S. The quantitative estimate of drug-likeness (QED) is 0.850. The summed E-state index contributed by atoms with van der Waals surface area (Å²) in [4.78, 5) is 17.3. The van der Waals surface area contributed by atoms with E-state index in [0.717, 1.165) is 31.1 Å². The maximum Gasteiger partial charge on any atom is 0.335 e. The molecule has 0 unspecified atom stereocenters. The van der Waals surface area contributed by atoms with Gasteiger partial charge in [-0.2, -0.15) is 11.8 Å². The fourth-order valence-corrected chi connectivity index (χ4v) is 2.59. The maximum atomic E-state index is 10.9. The Morgan fingerprint density at radius 1 is 1.44 bits per heavy atom. The van der Waals surface area contributed by atoms with Crippen molar-refractivity contribution in [2.24, 2.45) is 0 Å². The number of pyridine rings is 1. The Morgan fingerprint density at radius 2 is 2.31 bits per heavy atom. The first-order valence-corrected chi connectivity index (χ1v) is 6.45. The summed E-state index contributed by atoms with van der Waals surface area (Å²) in [6.07, 6.45) is 2.69. The smallest absolute Gasteiger partial charge is 0.335 e. The average molecular weight is 238 g/mol. The molecule has 2 rings (SSSR count). The van der Waals surface area contributed by atoms with Gasteiger partial charge in [-0.1, -0.05) is 0 Å². The van der Waals surface area contributed by atoms with Crippen LogP contribution in [0.5, 0.6) is 0 Å². The topological polar surface area (TPSA) is 53.4 Å². The summed E-state index contributed by atoms with van der Waals surface area (Å²) in [5.74, 6) is 2.14. The van der Waals surface area contributed by atoms with E-state index in [1.807, 2.05) is 11.8 Å². The zero-order valence-electron chi connectivity index (χ0n) is 8.93. The third-order valence-corrected chi connectivity index (χ3v) is 3.59. The standard InChI is InChI=1S/C11H14N2O2S/c14-11(15)9-2-3-12-10(8-9)13-4-1-6-16-7-5-13/h2-3,8H,1,4-7H2,(H,14,15). The van der Waals surface area contributed by atoms with E-state index in [9.17, 15) is 4.79 Å². The summed E-state index contributed by atoms with van der Waals surface area (Å²) in [6.45, 7) is 1.91. The van der Waals surface area contributed by atoms with Crippen molar-refractivity contribution in [2.45, 2.75) is 6.42 Å². The third-order valence-electron chi connectivity index (χ3n) is 2.54. The molecule has 86 valence electrons. The lowest BCUT2D eigenvalue weighted by molar-refractivity contribution is 0.0697. The van der Waals surface area contributed by atoms with Crippen molar-refractivity contribution in [3.63, 3.8) is 0 Å². The molecule has 1 aliphatic heterocycles. The van der Waals surface area contributed by atoms with Crippen molar-refractivity contribution < 1.29 is 9.90 Å². The number of hydrogen-bond acceptors (Lipinski definition) is 4. The molecule has 1 aliphatic rings. The van der Waals surface area contributed by atoms with Crippen LogP contribution in [0.4, 0.5) is 5.82 Å². The summed E-state index contributed by atoms with van der Waals surface area (Å²) in [7, 11) is 0. The van der Waals surface area contributed by atoms with Crippen LogP contribution in [-0.2, 0) is 0 Å². The van der Waals surface area contributed by atoms with Gasteiger partial charge in [0, 0.05) is 25.0 Å². The second-order valence-corrected chi connectivity index (χ2v) is 4.89. The SMILES string of the molecule is O=C(O)c1ccnc(N2CCCSCC2)c1. The number of carboxylic acid groups (broad SMARTS) is 1. The number of thioether (sulfide) groups is 1. The van der Waals surface area contributed by atoms with E-state index in [4.69, 9.17) is 5.11 Å². The van der Waals surface area contributed by atoms with Gasteiger partial charge < -0.3 is 10.0 Å². The Morgan fingerprint density at radius 3 is 3.12 bits per heavy atom. The zero-order valence-corrected chi connectivity index (χ0v) is 9.74. The van der Waals surface area contributed by atoms with E-state index in [0.29, 0.717) is 5.56 Å². The fraction of sp³-hybridized carbons (Fsp3) is 0.455. The van der Waals surface area contributed by atoms with Gasteiger partial charge in [0.1, 0.15) is 5.82 Å². The van der Waals surface area contributed by atoms with E-state index < -0.39 is 5.97 Å². The number of rotatable bonds is 2. The second-order valence-electron chi connectivity index (χ2n) is 3.66. The lowest BCUT2D eigenvalue weighted by Gasteiger charge is -2.20. The van der Waals surface area contributed by atoms with Gasteiger partial charge in [0.25, 0.3) is 0 Å². The highest BCUT2D eigenvalue weighted by atomic mass is 32.2. The van der Waals surface area contributed by atoms with Crippen LogP contribution in [0.25, 0.3) is 0 Å². The second kappa shape index (κ2) is 5.21. The molecule has 2 heterocycles. The largest absolute Gasteiger partial charge is 0.478 e. The van der Waals surface area contributed by atoms with Gasteiger partial charge in [-0.15, -0.1) is 0 Å². The lowest BCUT2D eigenvalue weighted by atomic mass is 10.2. The first-order chi connectivity index (χ1) is 7.77. The Kier molecular flexibility index (Phi) is 3.66. The van der Waals surface area contributed by atoms with E-state index in [-0.39, 0.29) is 0 Å². The molecule has 0 radical (unpaired) electrons. The minimum absolute atomic E-state index is 0.307. The Bertz CT molecular complexity index is 376. The molecule has 4 nitrogen and oxygen atoms in total. The number of aromatic nitrogens is 1. The Labute approximate surface area is 98.7 Å². The van der Waals surface area contributed by atoms with Gasteiger partial charge in [-0.3, -0.25) is 0 Å². The molecular weight excluding hydrogens is 224 g/mol. The van der Waals surface area contributed by atoms with Gasteiger partial charge in [-0.05, 0) is 24.3 Å². The Balaban J connectivity index is 2.18.